The molecule has 1 aromatic carbocycles. The molecule has 0 nitrogen and oxygen atoms in total. The molecule has 1 unspecified atom stereocenters. The van der Waals surface area contributed by atoms with Gasteiger partial charge in [0.1, 0.15) is 0 Å². The smallest absolute Gasteiger partial charge is 0.0477 e. The second kappa shape index (κ2) is 3.55. The van der Waals surface area contributed by atoms with Crippen molar-refractivity contribution in [3.8, 4) is 0 Å². The quantitative estimate of drug-likeness (QED) is 0.625. The third-order valence-corrected chi connectivity index (χ3v) is 2.98. The number of rotatable bonds is 2. The van der Waals surface area contributed by atoms with Crippen LogP contribution in [0.25, 0.3) is 5.57 Å². The predicted octanol–water partition coefficient (Wildman–Crippen LogP) is 3.82. The van der Waals surface area contributed by atoms with Crippen LogP contribution in [0.2, 0.25) is 0 Å². The number of benzene rings is 1. The van der Waals surface area contributed by atoms with Crippen LogP contribution < -0.4 is 0 Å². The van der Waals surface area contributed by atoms with Crippen LogP contribution in [0.3, 0.4) is 0 Å². The lowest BCUT2D eigenvalue weighted by atomic mass is 9.98. The predicted molar refractivity (Wildman–Crippen MR) is 58.2 cm³/mol. The van der Waals surface area contributed by atoms with Gasteiger partial charge in [0.2, 0.25) is 0 Å². The number of halogens is 1. The molecule has 68 valence electrons. The van der Waals surface area contributed by atoms with Crippen molar-refractivity contribution in [2.24, 2.45) is 0 Å². The fraction of sp³-hybridized carbons (Fsp3) is 0.333. The van der Waals surface area contributed by atoms with Gasteiger partial charge in [0.15, 0.2) is 0 Å². The van der Waals surface area contributed by atoms with Crippen LogP contribution in [0.5, 0.6) is 0 Å². The van der Waals surface area contributed by atoms with E-state index in [1.54, 1.807) is 0 Å². The molecular weight excluding hydrogens is 180 g/mol. The third-order valence-electron chi connectivity index (χ3n) is 2.69. The maximum absolute atomic E-state index is 5.89. The number of alkyl halides is 1. The molecule has 0 saturated carbocycles. The molecule has 0 aliphatic heterocycles. The zero-order chi connectivity index (χ0) is 9.26. The first-order valence-electron chi connectivity index (χ1n) is 4.72. The van der Waals surface area contributed by atoms with Crippen LogP contribution in [0.15, 0.2) is 30.3 Å². The van der Waals surface area contributed by atoms with Crippen molar-refractivity contribution in [2.75, 3.05) is 5.88 Å². The Kier molecular flexibility index (Phi) is 2.41. The Balaban J connectivity index is 2.47. The zero-order valence-electron chi connectivity index (χ0n) is 7.76. The van der Waals surface area contributed by atoms with Crippen molar-refractivity contribution in [3.63, 3.8) is 0 Å². The molecule has 0 aromatic heterocycles. The third kappa shape index (κ3) is 1.40. The Morgan fingerprint density at radius 1 is 1.31 bits per heavy atom. The van der Waals surface area contributed by atoms with Crippen molar-refractivity contribution in [1.82, 2.24) is 0 Å². The Morgan fingerprint density at radius 2 is 2.08 bits per heavy atom. The van der Waals surface area contributed by atoms with E-state index in [9.17, 15) is 0 Å². The molecule has 0 fully saturated rings. The van der Waals surface area contributed by atoms with E-state index in [1.807, 2.05) is 0 Å². The van der Waals surface area contributed by atoms with Crippen molar-refractivity contribution >= 4 is 17.2 Å². The topological polar surface area (TPSA) is 0 Å². The molecule has 0 amide bonds. The highest BCUT2D eigenvalue weighted by molar-refractivity contribution is 6.23. The lowest BCUT2D eigenvalue weighted by Gasteiger charge is -2.06. The fourth-order valence-corrected chi connectivity index (χ4v) is 2.22. The van der Waals surface area contributed by atoms with Gasteiger partial charge in [-0.2, -0.15) is 0 Å². The lowest BCUT2D eigenvalue weighted by molar-refractivity contribution is 0.818. The highest BCUT2D eigenvalue weighted by Crippen LogP contribution is 2.37. The minimum absolute atomic E-state index is 0.588. The highest BCUT2D eigenvalue weighted by atomic mass is 35.5. The summed E-state index contributed by atoms with van der Waals surface area (Å²) in [5, 5.41) is 0. The summed E-state index contributed by atoms with van der Waals surface area (Å²) >= 11 is 5.89. The summed E-state index contributed by atoms with van der Waals surface area (Å²) in [6.07, 6.45) is 3.47. The standard InChI is InChI=1S/C12H13Cl/c1-2-9-7-10(8-13)12-6-4-3-5-11(9)12/h3-7,9H,2,8H2,1H3. The molecule has 1 aromatic rings. The number of fused-ring (bicyclic) bond motifs is 1. The van der Waals surface area contributed by atoms with Gasteiger partial charge in [-0.05, 0) is 23.1 Å². The van der Waals surface area contributed by atoms with Gasteiger partial charge in [0.05, 0.1) is 0 Å². The van der Waals surface area contributed by atoms with Crippen molar-refractivity contribution in [2.45, 2.75) is 19.3 Å². The van der Waals surface area contributed by atoms with E-state index >= 15 is 0 Å². The van der Waals surface area contributed by atoms with Gasteiger partial charge in [-0.25, -0.2) is 0 Å². The summed E-state index contributed by atoms with van der Waals surface area (Å²) in [5.74, 6) is 1.22. The Bertz CT molecular complexity index is 339. The van der Waals surface area contributed by atoms with Gasteiger partial charge >= 0.3 is 0 Å². The molecule has 1 heteroatoms. The highest BCUT2D eigenvalue weighted by Gasteiger charge is 2.20. The van der Waals surface area contributed by atoms with Gasteiger partial charge in [0.25, 0.3) is 0 Å². The molecule has 1 aliphatic carbocycles. The number of hydrogen-bond acceptors (Lipinski definition) is 0. The summed E-state index contributed by atoms with van der Waals surface area (Å²) < 4.78 is 0. The van der Waals surface area contributed by atoms with Crippen LogP contribution in [-0.4, -0.2) is 5.88 Å². The Labute approximate surface area is 84.2 Å². The van der Waals surface area contributed by atoms with E-state index in [2.05, 4.69) is 37.3 Å². The van der Waals surface area contributed by atoms with Gasteiger partial charge < -0.3 is 0 Å². The first-order chi connectivity index (χ1) is 6.36. The molecule has 0 N–H and O–H groups in total. The van der Waals surface area contributed by atoms with E-state index in [1.165, 1.54) is 16.7 Å². The molecule has 0 bridgehead atoms. The molecule has 0 saturated heterocycles. The summed E-state index contributed by atoms with van der Waals surface area (Å²) in [6.45, 7) is 2.22. The molecule has 13 heavy (non-hydrogen) atoms. The monoisotopic (exact) mass is 192 g/mol. The van der Waals surface area contributed by atoms with Crippen molar-refractivity contribution in [3.05, 3.63) is 41.5 Å². The average Bonchev–Trinajstić information content (AvgIpc) is 2.56. The SMILES string of the molecule is CCC1C=C(CCl)c2ccccc21. The summed E-state index contributed by atoms with van der Waals surface area (Å²) in [4.78, 5) is 0. The molecule has 1 atom stereocenters. The largest absolute Gasteiger partial charge is 0.122 e. The summed E-state index contributed by atoms with van der Waals surface area (Å²) in [6, 6.07) is 8.56. The first-order valence-corrected chi connectivity index (χ1v) is 5.26. The molecular formula is C12H13Cl. The van der Waals surface area contributed by atoms with Crippen LogP contribution >= 0.6 is 11.6 Å². The Hall–Kier alpha value is -0.750. The van der Waals surface area contributed by atoms with E-state index in [4.69, 9.17) is 11.6 Å². The molecule has 0 radical (unpaired) electrons. The van der Waals surface area contributed by atoms with Crippen molar-refractivity contribution in [1.29, 1.82) is 0 Å². The molecule has 0 heterocycles. The minimum Gasteiger partial charge on any atom is -0.122 e. The van der Waals surface area contributed by atoms with Crippen LogP contribution in [-0.2, 0) is 0 Å². The zero-order valence-corrected chi connectivity index (χ0v) is 8.51. The van der Waals surface area contributed by atoms with Gasteiger partial charge in [-0.1, -0.05) is 37.3 Å². The first kappa shape index (κ1) is 8.83. The number of allylic oxidation sites excluding steroid dienone is 2. The second-order valence-electron chi connectivity index (χ2n) is 3.43. The Morgan fingerprint density at radius 3 is 2.77 bits per heavy atom. The number of hydrogen-bond donors (Lipinski definition) is 0. The van der Waals surface area contributed by atoms with E-state index in [-0.39, 0.29) is 0 Å². The maximum atomic E-state index is 5.89. The van der Waals surface area contributed by atoms with Crippen LogP contribution in [0, 0.1) is 0 Å². The fourth-order valence-electron chi connectivity index (χ4n) is 1.99. The van der Waals surface area contributed by atoms with E-state index < -0.39 is 0 Å². The van der Waals surface area contributed by atoms with Crippen molar-refractivity contribution < 1.29 is 0 Å². The molecule has 2 rings (SSSR count). The maximum Gasteiger partial charge on any atom is 0.0477 e. The van der Waals surface area contributed by atoms with E-state index in [0.29, 0.717) is 11.8 Å². The summed E-state index contributed by atoms with van der Waals surface area (Å²) in [7, 11) is 0. The average molecular weight is 193 g/mol. The normalized spacial score (nSPS) is 19.8. The second-order valence-corrected chi connectivity index (χ2v) is 3.69. The van der Waals surface area contributed by atoms with E-state index in [0.717, 1.165) is 6.42 Å². The summed E-state index contributed by atoms with van der Waals surface area (Å²) in [5.41, 5.74) is 4.09. The van der Waals surface area contributed by atoms with Crippen LogP contribution in [0.4, 0.5) is 0 Å². The lowest BCUT2D eigenvalue weighted by Crippen LogP contribution is -1.89. The van der Waals surface area contributed by atoms with Gasteiger partial charge in [-0.15, -0.1) is 11.6 Å². The minimum atomic E-state index is 0.588. The van der Waals surface area contributed by atoms with Crippen LogP contribution in [0.1, 0.15) is 30.4 Å². The van der Waals surface area contributed by atoms with Gasteiger partial charge in [-0.3, -0.25) is 0 Å². The molecule has 1 aliphatic rings. The van der Waals surface area contributed by atoms with Gasteiger partial charge in [0, 0.05) is 11.8 Å². The molecule has 0 spiro atoms.